The first-order chi connectivity index (χ1) is 14.7. The van der Waals surface area contributed by atoms with Crippen LogP contribution in [-0.2, 0) is 27.0 Å². The van der Waals surface area contributed by atoms with E-state index in [0.29, 0.717) is 18.6 Å². The van der Waals surface area contributed by atoms with Gasteiger partial charge in [0.15, 0.2) is 15.0 Å². The van der Waals surface area contributed by atoms with Crippen LogP contribution in [0, 0.1) is 0 Å². The van der Waals surface area contributed by atoms with Gasteiger partial charge in [0.2, 0.25) is 5.91 Å². The lowest BCUT2D eigenvalue weighted by molar-refractivity contribution is -0.143. The molecule has 2 aliphatic heterocycles. The smallest absolute Gasteiger partial charge is 0.316 e. The minimum absolute atomic E-state index is 0.00229. The zero-order valence-electron chi connectivity index (χ0n) is 16.8. The lowest BCUT2D eigenvalue weighted by Crippen LogP contribution is -2.38. The third kappa shape index (κ3) is 5.59. The molecular formula is C19H20F6N2O3S2. The van der Waals surface area contributed by atoms with Crippen LogP contribution in [0.3, 0.4) is 0 Å². The fourth-order valence-corrected chi connectivity index (χ4v) is 7.56. The second-order valence-corrected chi connectivity index (χ2v) is 11.0. The van der Waals surface area contributed by atoms with Gasteiger partial charge in [-0.1, -0.05) is 31.5 Å². The van der Waals surface area contributed by atoms with Crippen molar-refractivity contribution in [1.29, 1.82) is 0 Å². The van der Waals surface area contributed by atoms with E-state index < -0.39 is 62.0 Å². The van der Waals surface area contributed by atoms with Crippen LogP contribution in [0.4, 0.5) is 32.0 Å². The number of nitrogens with zero attached hydrogens (tertiary/aromatic N) is 2. The van der Waals surface area contributed by atoms with Crippen molar-refractivity contribution in [3.05, 3.63) is 29.3 Å². The highest BCUT2D eigenvalue weighted by Crippen LogP contribution is 2.44. The Morgan fingerprint density at radius 2 is 1.66 bits per heavy atom. The number of amides is 1. The van der Waals surface area contributed by atoms with Crippen molar-refractivity contribution in [3.8, 4) is 0 Å². The monoisotopic (exact) mass is 502 g/mol. The van der Waals surface area contributed by atoms with E-state index in [0.717, 1.165) is 29.5 Å². The van der Waals surface area contributed by atoms with Crippen molar-refractivity contribution in [2.75, 3.05) is 16.4 Å². The van der Waals surface area contributed by atoms with Gasteiger partial charge in [0.05, 0.1) is 28.7 Å². The Balaban J connectivity index is 2.08. The van der Waals surface area contributed by atoms with Gasteiger partial charge in [-0.05, 0) is 24.6 Å². The average molecular weight is 503 g/mol. The molecule has 0 aliphatic carbocycles. The molecule has 32 heavy (non-hydrogen) atoms. The molecule has 3 rings (SSSR count). The molecule has 2 unspecified atom stereocenters. The number of anilines is 1. The van der Waals surface area contributed by atoms with E-state index >= 15 is 0 Å². The Morgan fingerprint density at radius 3 is 2.19 bits per heavy atom. The van der Waals surface area contributed by atoms with Crippen LogP contribution in [0.2, 0.25) is 0 Å². The quantitative estimate of drug-likeness (QED) is 0.423. The van der Waals surface area contributed by atoms with E-state index in [1.54, 1.807) is 0 Å². The summed E-state index contributed by atoms with van der Waals surface area (Å²) < 4.78 is 104. The first-order valence-corrected chi connectivity index (χ1v) is 12.5. The second kappa shape index (κ2) is 8.88. The minimum atomic E-state index is -5.06. The molecule has 178 valence electrons. The number of hydrogen-bond donors (Lipinski definition) is 0. The molecule has 2 aliphatic rings. The number of sulfone groups is 1. The molecule has 2 fully saturated rings. The van der Waals surface area contributed by atoms with E-state index in [9.17, 15) is 39.6 Å². The topological polar surface area (TPSA) is 66.8 Å². The number of thioether (sulfide) groups is 1. The van der Waals surface area contributed by atoms with Crippen molar-refractivity contribution in [1.82, 2.24) is 0 Å². The molecule has 2 heterocycles. The summed E-state index contributed by atoms with van der Waals surface area (Å²) in [6, 6.07) is 0.139. The summed E-state index contributed by atoms with van der Waals surface area (Å²) in [6.45, 7) is 1.93. The molecule has 0 N–H and O–H groups in total. The van der Waals surface area contributed by atoms with Crippen LogP contribution in [0.25, 0.3) is 0 Å². The molecule has 2 atom stereocenters. The van der Waals surface area contributed by atoms with Gasteiger partial charge < -0.3 is 4.90 Å². The maximum Gasteiger partial charge on any atom is 0.416 e. The number of fused-ring (bicyclic) bond motifs is 1. The summed E-state index contributed by atoms with van der Waals surface area (Å²) in [5.41, 5.74) is -3.54. The number of benzene rings is 1. The first-order valence-electron chi connectivity index (χ1n) is 9.78. The molecule has 1 amide bonds. The lowest BCUT2D eigenvalue weighted by atomic mass is 10.1. The predicted octanol–water partition coefficient (Wildman–Crippen LogP) is 4.91. The standard InChI is InChI=1S/C19H20F6N2O3S2/c1-2-3-4-5-16(28)26-17-27(14-9-32(29,30)10-15(14)31-17)13-7-11(18(20,21)22)6-12(8-13)19(23,24)25/h6-8,14-15H,2-5,9-10H2,1H3. The van der Waals surface area contributed by atoms with Gasteiger partial charge in [0.1, 0.15) is 0 Å². The number of carbonyl (C=O) groups excluding carboxylic acids is 1. The maximum absolute atomic E-state index is 13.3. The van der Waals surface area contributed by atoms with Gasteiger partial charge in [-0.25, -0.2) is 8.42 Å². The number of alkyl halides is 6. The number of hydrogen-bond acceptors (Lipinski definition) is 4. The van der Waals surface area contributed by atoms with Crippen LogP contribution in [0.1, 0.15) is 43.7 Å². The molecule has 0 radical (unpaired) electrons. The average Bonchev–Trinajstić information content (AvgIpc) is 3.10. The Bertz CT molecular complexity index is 989. The van der Waals surface area contributed by atoms with E-state index in [4.69, 9.17) is 0 Å². The van der Waals surface area contributed by atoms with Crippen LogP contribution >= 0.6 is 11.8 Å². The van der Waals surface area contributed by atoms with E-state index in [1.807, 2.05) is 6.92 Å². The third-order valence-electron chi connectivity index (χ3n) is 5.13. The van der Waals surface area contributed by atoms with Crippen molar-refractivity contribution < 1.29 is 39.6 Å². The minimum Gasteiger partial charge on any atom is -0.316 e. The summed E-state index contributed by atoms with van der Waals surface area (Å²) >= 11 is 0.894. The van der Waals surface area contributed by atoms with E-state index in [2.05, 4.69) is 4.99 Å². The summed E-state index contributed by atoms with van der Waals surface area (Å²) in [7, 11) is -3.54. The highest BCUT2D eigenvalue weighted by Gasteiger charge is 2.50. The Labute approximate surface area is 185 Å². The van der Waals surface area contributed by atoms with Crippen LogP contribution in [0.15, 0.2) is 23.2 Å². The van der Waals surface area contributed by atoms with Crippen molar-refractivity contribution in [3.63, 3.8) is 0 Å². The molecule has 0 saturated carbocycles. The number of aliphatic imine (C=N–C) groups is 1. The van der Waals surface area contributed by atoms with Crippen LogP contribution in [-0.4, -0.2) is 42.3 Å². The van der Waals surface area contributed by atoms with Crippen LogP contribution in [0.5, 0.6) is 0 Å². The molecule has 0 spiro atoms. The largest absolute Gasteiger partial charge is 0.416 e. The number of rotatable bonds is 5. The molecule has 1 aromatic rings. The van der Waals surface area contributed by atoms with Crippen LogP contribution < -0.4 is 4.90 Å². The number of amidine groups is 1. The molecule has 0 bridgehead atoms. The number of carbonyl (C=O) groups is 1. The van der Waals surface area contributed by atoms with Gasteiger partial charge in [0.25, 0.3) is 0 Å². The lowest BCUT2D eigenvalue weighted by Gasteiger charge is -2.26. The number of unbranched alkanes of at least 4 members (excludes halogenated alkanes) is 2. The predicted molar refractivity (Wildman–Crippen MR) is 109 cm³/mol. The molecule has 13 heteroatoms. The normalized spacial score (nSPS) is 24.2. The van der Waals surface area contributed by atoms with Crippen molar-refractivity contribution in [2.24, 2.45) is 4.99 Å². The van der Waals surface area contributed by atoms with Gasteiger partial charge in [-0.3, -0.25) is 4.79 Å². The molecule has 1 aromatic carbocycles. The summed E-state index contributed by atoms with van der Waals surface area (Å²) in [5, 5.41) is -0.727. The van der Waals surface area contributed by atoms with Gasteiger partial charge in [-0.15, -0.1) is 0 Å². The van der Waals surface area contributed by atoms with Gasteiger partial charge >= 0.3 is 12.4 Å². The maximum atomic E-state index is 13.3. The van der Waals surface area contributed by atoms with Crippen molar-refractivity contribution >= 4 is 38.4 Å². The molecular weight excluding hydrogens is 482 g/mol. The Morgan fingerprint density at radius 1 is 1.06 bits per heavy atom. The Kier molecular flexibility index (Phi) is 6.90. The van der Waals surface area contributed by atoms with E-state index in [1.165, 1.54) is 0 Å². The summed E-state index contributed by atoms with van der Waals surface area (Å²) in [6.07, 6.45) is -7.89. The zero-order valence-corrected chi connectivity index (χ0v) is 18.5. The Hall–Kier alpha value is -1.76. The molecule has 2 saturated heterocycles. The van der Waals surface area contributed by atoms with E-state index in [-0.39, 0.29) is 23.4 Å². The molecule has 5 nitrogen and oxygen atoms in total. The SMILES string of the molecule is CCCCCC(=O)N=C1SC2CS(=O)(=O)CC2N1c1cc(C(F)(F)F)cc(C(F)(F)F)c1. The zero-order chi connectivity index (χ0) is 23.9. The molecule has 0 aromatic heterocycles. The highest BCUT2D eigenvalue weighted by atomic mass is 32.2. The fraction of sp³-hybridized carbons (Fsp3) is 0.579. The van der Waals surface area contributed by atoms with Gasteiger partial charge in [0, 0.05) is 17.4 Å². The first kappa shape index (κ1) is 24.9. The second-order valence-electron chi connectivity index (χ2n) is 7.68. The third-order valence-corrected chi connectivity index (χ3v) is 8.34. The van der Waals surface area contributed by atoms with Crippen molar-refractivity contribution in [2.45, 2.75) is 56.3 Å². The highest BCUT2D eigenvalue weighted by molar-refractivity contribution is 8.16. The fourth-order valence-electron chi connectivity index (χ4n) is 3.63. The summed E-state index contributed by atoms with van der Waals surface area (Å²) in [4.78, 5) is 17.2. The van der Waals surface area contributed by atoms with Gasteiger partial charge in [-0.2, -0.15) is 31.3 Å². The summed E-state index contributed by atoms with van der Waals surface area (Å²) in [5.74, 6) is -1.31. The number of halogens is 6.